The van der Waals surface area contributed by atoms with Gasteiger partial charge < -0.3 is 15.0 Å². The van der Waals surface area contributed by atoms with Gasteiger partial charge in [0.2, 0.25) is 0 Å². The molecule has 3 heterocycles. The van der Waals surface area contributed by atoms with E-state index < -0.39 is 0 Å². The van der Waals surface area contributed by atoms with Crippen molar-refractivity contribution in [3.8, 4) is 0 Å². The third-order valence-corrected chi connectivity index (χ3v) is 4.58. The molecule has 0 atom stereocenters. The molecular weight excluding hydrogens is 248 g/mol. The zero-order chi connectivity index (χ0) is 14.1. The second-order valence-electron chi connectivity index (χ2n) is 6.08. The number of nitrogens with zero attached hydrogens (tertiary/aromatic N) is 3. The highest BCUT2D eigenvalue weighted by Crippen LogP contribution is 2.29. The van der Waals surface area contributed by atoms with E-state index in [-0.39, 0.29) is 0 Å². The number of hydrogen-bond donors (Lipinski definition) is 1. The number of hydrogen-bond acceptors (Lipinski definition) is 3. The van der Waals surface area contributed by atoms with E-state index in [4.69, 9.17) is 10.7 Å². The largest absolute Gasteiger partial charge is 0.355 e. The first-order chi connectivity index (χ1) is 9.70. The van der Waals surface area contributed by atoms with Crippen molar-refractivity contribution in [3.05, 3.63) is 30.1 Å². The third-order valence-electron chi connectivity index (χ3n) is 4.58. The molecule has 1 aliphatic heterocycles. The quantitative estimate of drug-likeness (QED) is 0.934. The van der Waals surface area contributed by atoms with Gasteiger partial charge in [-0.15, -0.1) is 0 Å². The van der Waals surface area contributed by atoms with Crippen LogP contribution < -0.4 is 10.6 Å². The molecular formula is C16H24N4. The van der Waals surface area contributed by atoms with Crippen LogP contribution in [0.3, 0.4) is 0 Å². The SMILES string of the molecule is CC(C)C1CCN(c2nc3ccccn3c2CN)CC1. The van der Waals surface area contributed by atoms with Crippen molar-refractivity contribution in [1.29, 1.82) is 0 Å². The summed E-state index contributed by atoms with van der Waals surface area (Å²) in [5.74, 6) is 2.72. The molecule has 2 aromatic heterocycles. The van der Waals surface area contributed by atoms with E-state index >= 15 is 0 Å². The van der Waals surface area contributed by atoms with Crippen molar-refractivity contribution in [2.75, 3.05) is 18.0 Å². The highest BCUT2D eigenvalue weighted by molar-refractivity contribution is 5.56. The molecule has 0 radical (unpaired) electrons. The Hall–Kier alpha value is -1.55. The Morgan fingerprint density at radius 1 is 1.30 bits per heavy atom. The van der Waals surface area contributed by atoms with Gasteiger partial charge in [0.25, 0.3) is 0 Å². The fraction of sp³-hybridized carbons (Fsp3) is 0.562. The van der Waals surface area contributed by atoms with Crippen LogP contribution in [-0.4, -0.2) is 22.5 Å². The monoisotopic (exact) mass is 272 g/mol. The van der Waals surface area contributed by atoms with E-state index in [0.717, 1.165) is 42.1 Å². The van der Waals surface area contributed by atoms with Crippen LogP contribution in [0, 0.1) is 11.8 Å². The van der Waals surface area contributed by atoms with Crippen molar-refractivity contribution < 1.29 is 0 Å². The first-order valence-corrected chi connectivity index (χ1v) is 7.61. The molecule has 4 nitrogen and oxygen atoms in total. The number of imidazole rings is 1. The summed E-state index contributed by atoms with van der Waals surface area (Å²) >= 11 is 0. The average Bonchev–Trinajstić information content (AvgIpc) is 2.85. The van der Waals surface area contributed by atoms with Crippen LogP contribution in [-0.2, 0) is 6.54 Å². The molecule has 4 heteroatoms. The molecule has 0 bridgehead atoms. The van der Waals surface area contributed by atoms with Gasteiger partial charge in [-0.2, -0.15) is 0 Å². The van der Waals surface area contributed by atoms with Crippen molar-refractivity contribution >= 4 is 11.5 Å². The van der Waals surface area contributed by atoms with Gasteiger partial charge in [-0.25, -0.2) is 4.98 Å². The Labute approximate surface area is 120 Å². The number of pyridine rings is 1. The predicted molar refractivity (Wildman–Crippen MR) is 82.9 cm³/mol. The smallest absolute Gasteiger partial charge is 0.152 e. The van der Waals surface area contributed by atoms with E-state index in [1.165, 1.54) is 12.8 Å². The third kappa shape index (κ3) is 2.29. The number of anilines is 1. The second-order valence-corrected chi connectivity index (χ2v) is 6.08. The highest BCUT2D eigenvalue weighted by Gasteiger charge is 2.25. The molecule has 2 aromatic rings. The Bertz CT molecular complexity index is 579. The van der Waals surface area contributed by atoms with Crippen LogP contribution in [0.2, 0.25) is 0 Å². The van der Waals surface area contributed by atoms with Crippen LogP contribution >= 0.6 is 0 Å². The van der Waals surface area contributed by atoms with Gasteiger partial charge in [0.05, 0.1) is 5.69 Å². The molecule has 20 heavy (non-hydrogen) atoms. The molecule has 0 aromatic carbocycles. The Morgan fingerprint density at radius 3 is 2.70 bits per heavy atom. The van der Waals surface area contributed by atoms with Crippen molar-refractivity contribution in [2.24, 2.45) is 17.6 Å². The van der Waals surface area contributed by atoms with Crippen LogP contribution in [0.15, 0.2) is 24.4 Å². The molecule has 1 saturated heterocycles. The van der Waals surface area contributed by atoms with Gasteiger partial charge in [0, 0.05) is 25.8 Å². The molecule has 1 fully saturated rings. The molecule has 0 aliphatic carbocycles. The number of aromatic nitrogens is 2. The Balaban J connectivity index is 1.87. The minimum Gasteiger partial charge on any atom is -0.355 e. The van der Waals surface area contributed by atoms with Gasteiger partial charge in [-0.05, 0) is 36.8 Å². The molecule has 108 valence electrons. The second kappa shape index (κ2) is 5.44. The fourth-order valence-electron chi connectivity index (χ4n) is 3.25. The minimum absolute atomic E-state index is 0.532. The molecule has 3 rings (SSSR count). The van der Waals surface area contributed by atoms with E-state index in [1.54, 1.807) is 0 Å². The van der Waals surface area contributed by atoms with Gasteiger partial charge >= 0.3 is 0 Å². The molecule has 0 spiro atoms. The van der Waals surface area contributed by atoms with E-state index in [1.807, 2.05) is 18.2 Å². The van der Waals surface area contributed by atoms with Crippen molar-refractivity contribution in [1.82, 2.24) is 9.38 Å². The maximum atomic E-state index is 5.96. The summed E-state index contributed by atoms with van der Waals surface area (Å²) in [6, 6.07) is 6.10. The van der Waals surface area contributed by atoms with Gasteiger partial charge in [-0.3, -0.25) is 0 Å². The van der Waals surface area contributed by atoms with Crippen molar-refractivity contribution in [2.45, 2.75) is 33.2 Å². The lowest BCUT2D eigenvalue weighted by molar-refractivity contribution is 0.310. The summed E-state index contributed by atoms with van der Waals surface area (Å²) in [6.45, 7) is 7.39. The lowest BCUT2D eigenvalue weighted by Crippen LogP contribution is -2.36. The Kier molecular flexibility index (Phi) is 3.66. The van der Waals surface area contributed by atoms with Crippen LogP contribution in [0.5, 0.6) is 0 Å². The van der Waals surface area contributed by atoms with Crippen molar-refractivity contribution in [3.63, 3.8) is 0 Å². The zero-order valence-electron chi connectivity index (χ0n) is 12.4. The highest BCUT2D eigenvalue weighted by atomic mass is 15.2. The standard InChI is InChI=1S/C16H24N4/c1-12(2)13-6-9-19(10-7-13)16-14(11-17)20-8-4-3-5-15(20)18-16/h3-5,8,12-13H,6-7,9-11,17H2,1-2H3. The molecule has 1 aliphatic rings. The topological polar surface area (TPSA) is 46.6 Å². The molecule has 0 unspecified atom stereocenters. The van der Waals surface area contributed by atoms with Crippen LogP contribution in [0.1, 0.15) is 32.4 Å². The van der Waals surface area contributed by atoms with Crippen LogP contribution in [0.4, 0.5) is 5.82 Å². The fourth-order valence-corrected chi connectivity index (χ4v) is 3.25. The molecule has 2 N–H and O–H groups in total. The molecule has 0 amide bonds. The van der Waals surface area contributed by atoms with Gasteiger partial charge in [0.15, 0.2) is 5.82 Å². The van der Waals surface area contributed by atoms with Crippen LogP contribution in [0.25, 0.3) is 5.65 Å². The lowest BCUT2D eigenvalue weighted by atomic mass is 9.87. The summed E-state index contributed by atoms with van der Waals surface area (Å²) in [6.07, 6.45) is 4.57. The van der Waals surface area contributed by atoms with E-state index in [9.17, 15) is 0 Å². The number of rotatable bonds is 3. The summed E-state index contributed by atoms with van der Waals surface area (Å²) < 4.78 is 2.11. The zero-order valence-corrected chi connectivity index (χ0v) is 12.4. The predicted octanol–water partition coefficient (Wildman–Crippen LogP) is 2.67. The minimum atomic E-state index is 0.532. The first-order valence-electron chi connectivity index (χ1n) is 7.61. The van der Waals surface area contributed by atoms with E-state index in [0.29, 0.717) is 6.54 Å². The van der Waals surface area contributed by atoms with Gasteiger partial charge in [-0.1, -0.05) is 19.9 Å². The van der Waals surface area contributed by atoms with Gasteiger partial charge in [0.1, 0.15) is 5.65 Å². The summed E-state index contributed by atoms with van der Waals surface area (Å²) in [5.41, 5.74) is 8.08. The summed E-state index contributed by atoms with van der Waals surface area (Å²) in [5, 5.41) is 0. The maximum Gasteiger partial charge on any atom is 0.152 e. The summed E-state index contributed by atoms with van der Waals surface area (Å²) in [7, 11) is 0. The Morgan fingerprint density at radius 2 is 2.05 bits per heavy atom. The maximum absolute atomic E-state index is 5.96. The first kappa shape index (κ1) is 13.4. The average molecular weight is 272 g/mol. The summed E-state index contributed by atoms with van der Waals surface area (Å²) in [4.78, 5) is 7.20. The number of fused-ring (bicyclic) bond motifs is 1. The number of piperidine rings is 1. The molecule has 0 saturated carbocycles. The lowest BCUT2D eigenvalue weighted by Gasteiger charge is -2.34. The number of nitrogens with two attached hydrogens (primary N) is 1. The van der Waals surface area contributed by atoms with E-state index in [2.05, 4.69) is 29.3 Å². The normalized spacial score (nSPS) is 17.3.